The highest BCUT2D eigenvalue weighted by Crippen LogP contribution is 2.35. The fraction of sp³-hybridized carbons (Fsp3) is 0.476. The standard InChI is InChI=1S/C21H26N6O2S/c1-13(2)14-3-5-15(6-4-14)20-23-19(29-26-20)10-9-18(28)22-12-11-17-24-25-21(30)27(17)16-7-8-16/h3-6,13,16H,7-12H2,1-2H3,(H,22,28)(H,25,30). The summed E-state index contributed by atoms with van der Waals surface area (Å²) in [6, 6.07) is 8.60. The maximum atomic E-state index is 12.2. The molecule has 0 saturated heterocycles. The molecule has 2 heterocycles. The third-order valence-corrected chi connectivity index (χ3v) is 5.52. The molecule has 0 unspecified atom stereocenters. The molecule has 158 valence electrons. The van der Waals surface area contributed by atoms with Gasteiger partial charge in [0.05, 0.1) is 0 Å². The fourth-order valence-electron chi connectivity index (χ4n) is 3.34. The average molecular weight is 427 g/mol. The Morgan fingerprint density at radius 2 is 2.07 bits per heavy atom. The first kappa shape index (κ1) is 20.5. The van der Waals surface area contributed by atoms with E-state index in [9.17, 15) is 4.79 Å². The van der Waals surface area contributed by atoms with Gasteiger partial charge in [0.2, 0.25) is 17.6 Å². The number of aromatic amines is 1. The van der Waals surface area contributed by atoms with Crippen LogP contribution in [0.15, 0.2) is 28.8 Å². The van der Waals surface area contributed by atoms with Gasteiger partial charge in [0.25, 0.3) is 0 Å². The number of hydrogen-bond acceptors (Lipinski definition) is 6. The van der Waals surface area contributed by atoms with E-state index in [-0.39, 0.29) is 5.91 Å². The molecule has 2 N–H and O–H groups in total. The quantitative estimate of drug-likeness (QED) is 0.506. The van der Waals surface area contributed by atoms with Crippen molar-refractivity contribution in [2.24, 2.45) is 0 Å². The Morgan fingerprint density at radius 1 is 1.30 bits per heavy atom. The second-order valence-corrected chi connectivity index (χ2v) is 8.32. The third kappa shape index (κ3) is 4.84. The predicted octanol–water partition coefficient (Wildman–Crippen LogP) is 3.74. The number of H-pyrrole nitrogens is 1. The number of rotatable bonds is 9. The van der Waals surface area contributed by atoms with Crippen molar-refractivity contribution >= 4 is 18.1 Å². The SMILES string of the molecule is CC(C)c1ccc(-c2noc(CCC(=O)NCCc3n[nH]c(=S)n3C3CC3)n2)cc1. The molecule has 1 saturated carbocycles. The molecule has 0 aliphatic heterocycles. The minimum atomic E-state index is -0.0526. The van der Waals surface area contributed by atoms with Gasteiger partial charge >= 0.3 is 0 Å². The van der Waals surface area contributed by atoms with Gasteiger partial charge in [-0.2, -0.15) is 10.1 Å². The summed E-state index contributed by atoms with van der Waals surface area (Å²) in [5.41, 5.74) is 2.17. The molecular weight excluding hydrogens is 400 g/mol. The predicted molar refractivity (Wildman–Crippen MR) is 115 cm³/mol. The molecular formula is C21H26N6O2S. The van der Waals surface area contributed by atoms with Crippen molar-refractivity contribution in [2.45, 2.75) is 57.9 Å². The van der Waals surface area contributed by atoms with E-state index in [4.69, 9.17) is 16.7 Å². The van der Waals surface area contributed by atoms with Crippen LogP contribution in [-0.2, 0) is 17.6 Å². The number of carbonyl (C=O) groups is 1. The van der Waals surface area contributed by atoms with Gasteiger partial charge in [0.1, 0.15) is 5.82 Å². The Balaban J connectivity index is 1.24. The van der Waals surface area contributed by atoms with Crippen molar-refractivity contribution in [1.29, 1.82) is 0 Å². The van der Waals surface area contributed by atoms with Crippen LogP contribution in [0.1, 0.15) is 62.3 Å². The zero-order chi connectivity index (χ0) is 21.1. The molecule has 4 rings (SSSR count). The van der Waals surface area contributed by atoms with Crippen LogP contribution in [0.2, 0.25) is 0 Å². The van der Waals surface area contributed by atoms with Gasteiger partial charge in [0, 0.05) is 37.4 Å². The highest BCUT2D eigenvalue weighted by molar-refractivity contribution is 7.71. The lowest BCUT2D eigenvalue weighted by Gasteiger charge is -2.06. The van der Waals surface area contributed by atoms with Crippen LogP contribution >= 0.6 is 12.2 Å². The molecule has 1 aliphatic rings. The average Bonchev–Trinajstić information content (AvgIpc) is 3.34. The van der Waals surface area contributed by atoms with E-state index < -0.39 is 0 Å². The van der Waals surface area contributed by atoms with Crippen molar-refractivity contribution < 1.29 is 9.32 Å². The summed E-state index contributed by atoms with van der Waals surface area (Å²) < 4.78 is 8.02. The number of hydrogen-bond donors (Lipinski definition) is 2. The zero-order valence-corrected chi connectivity index (χ0v) is 18.0. The Bertz CT molecular complexity index is 1060. The van der Waals surface area contributed by atoms with Crippen molar-refractivity contribution in [1.82, 2.24) is 30.2 Å². The molecule has 0 bridgehead atoms. The van der Waals surface area contributed by atoms with E-state index in [1.165, 1.54) is 5.56 Å². The molecule has 0 atom stereocenters. The second kappa shape index (κ2) is 8.91. The van der Waals surface area contributed by atoms with Gasteiger partial charge < -0.3 is 14.4 Å². The lowest BCUT2D eigenvalue weighted by Crippen LogP contribution is -2.26. The molecule has 0 radical (unpaired) electrons. The number of amides is 1. The van der Waals surface area contributed by atoms with Crippen molar-refractivity contribution in [2.75, 3.05) is 6.54 Å². The number of aryl methyl sites for hydroxylation is 1. The van der Waals surface area contributed by atoms with Gasteiger partial charge in [0.15, 0.2) is 4.77 Å². The van der Waals surface area contributed by atoms with Crippen LogP contribution in [0.4, 0.5) is 0 Å². The molecule has 1 fully saturated rings. The minimum Gasteiger partial charge on any atom is -0.356 e. The molecule has 3 aromatic rings. The van der Waals surface area contributed by atoms with Gasteiger partial charge in [-0.3, -0.25) is 9.89 Å². The Labute approximate surface area is 180 Å². The van der Waals surface area contributed by atoms with Crippen molar-refractivity contribution in [3.8, 4) is 11.4 Å². The van der Waals surface area contributed by atoms with E-state index in [0.29, 0.717) is 54.3 Å². The molecule has 1 aliphatic carbocycles. The summed E-state index contributed by atoms with van der Waals surface area (Å²) in [7, 11) is 0. The van der Waals surface area contributed by atoms with Gasteiger partial charge in [-0.1, -0.05) is 43.3 Å². The highest BCUT2D eigenvalue weighted by Gasteiger charge is 2.27. The Morgan fingerprint density at radius 3 is 2.77 bits per heavy atom. The van der Waals surface area contributed by atoms with E-state index in [2.05, 4.69) is 56.2 Å². The first-order chi connectivity index (χ1) is 14.5. The van der Waals surface area contributed by atoms with Crippen molar-refractivity contribution in [3.05, 3.63) is 46.3 Å². The third-order valence-electron chi connectivity index (χ3n) is 5.23. The molecule has 2 aromatic heterocycles. The van der Waals surface area contributed by atoms with Crippen LogP contribution in [0.3, 0.4) is 0 Å². The normalized spacial score (nSPS) is 13.7. The highest BCUT2D eigenvalue weighted by atomic mass is 32.1. The molecule has 8 nitrogen and oxygen atoms in total. The summed E-state index contributed by atoms with van der Waals surface area (Å²) in [5, 5.41) is 14.1. The van der Waals surface area contributed by atoms with Crippen LogP contribution in [0, 0.1) is 4.77 Å². The minimum absolute atomic E-state index is 0.0526. The topological polar surface area (TPSA) is 102 Å². The van der Waals surface area contributed by atoms with E-state index >= 15 is 0 Å². The smallest absolute Gasteiger partial charge is 0.227 e. The molecule has 0 spiro atoms. The van der Waals surface area contributed by atoms with Crippen molar-refractivity contribution in [3.63, 3.8) is 0 Å². The lowest BCUT2D eigenvalue weighted by atomic mass is 10.0. The maximum Gasteiger partial charge on any atom is 0.227 e. The van der Waals surface area contributed by atoms with Crippen LogP contribution in [0.25, 0.3) is 11.4 Å². The summed E-state index contributed by atoms with van der Waals surface area (Å²) in [5.74, 6) is 2.33. The molecule has 1 aromatic carbocycles. The maximum absolute atomic E-state index is 12.2. The van der Waals surface area contributed by atoms with Gasteiger partial charge in [-0.25, -0.2) is 0 Å². The van der Waals surface area contributed by atoms with Crippen LogP contribution in [0.5, 0.6) is 0 Å². The van der Waals surface area contributed by atoms with E-state index in [1.54, 1.807) is 0 Å². The summed E-state index contributed by atoms with van der Waals surface area (Å²) in [4.78, 5) is 16.6. The zero-order valence-electron chi connectivity index (χ0n) is 17.2. The first-order valence-corrected chi connectivity index (χ1v) is 10.8. The van der Waals surface area contributed by atoms with Crippen LogP contribution < -0.4 is 5.32 Å². The first-order valence-electron chi connectivity index (χ1n) is 10.4. The second-order valence-electron chi connectivity index (χ2n) is 7.93. The molecule has 9 heteroatoms. The number of nitrogens with one attached hydrogen (secondary N) is 2. The molecule has 1 amide bonds. The fourth-order valence-corrected chi connectivity index (χ4v) is 3.64. The summed E-state index contributed by atoms with van der Waals surface area (Å²) in [6.45, 7) is 4.83. The van der Waals surface area contributed by atoms with E-state index in [0.717, 1.165) is 24.2 Å². The summed E-state index contributed by atoms with van der Waals surface area (Å²) >= 11 is 5.28. The monoisotopic (exact) mass is 426 g/mol. The van der Waals surface area contributed by atoms with E-state index in [1.807, 2.05) is 12.1 Å². The number of carbonyl (C=O) groups excluding carboxylic acids is 1. The Hall–Kier alpha value is -2.81. The largest absolute Gasteiger partial charge is 0.356 e. The number of benzene rings is 1. The van der Waals surface area contributed by atoms with Gasteiger partial charge in [-0.15, -0.1) is 0 Å². The van der Waals surface area contributed by atoms with Gasteiger partial charge in [-0.05, 0) is 36.5 Å². The Kier molecular flexibility index (Phi) is 6.08. The van der Waals surface area contributed by atoms with Crippen LogP contribution in [-0.4, -0.2) is 37.4 Å². The molecule has 30 heavy (non-hydrogen) atoms. The lowest BCUT2D eigenvalue weighted by molar-refractivity contribution is -0.121. The number of nitrogens with zero attached hydrogens (tertiary/aromatic N) is 4. The number of aromatic nitrogens is 5. The summed E-state index contributed by atoms with van der Waals surface area (Å²) in [6.07, 6.45) is 3.63.